The zero-order valence-corrected chi connectivity index (χ0v) is 14.4. The molecule has 0 spiro atoms. The largest absolute Gasteiger partial charge is 0.420 e. The molecule has 3 heterocycles. The van der Waals surface area contributed by atoms with E-state index in [-0.39, 0.29) is 30.1 Å². The summed E-state index contributed by atoms with van der Waals surface area (Å²) in [4.78, 5) is 28.2. The van der Waals surface area contributed by atoms with E-state index in [2.05, 4.69) is 20.5 Å². The zero-order valence-electron chi connectivity index (χ0n) is 14.4. The first-order chi connectivity index (χ1) is 12.7. The number of halogens is 3. The predicted molar refractivity (Wildman–Crippen MR) is 87.8 cm³/mol. The summed E-state index contributed by atoms with van der Waals surface area (Å²) in [6.07, 6.45) is -1.91. The van der Waals surface area contributed by atoms with Crippen LogP contribution in [0.25, 0.3) is 5.65 Å². The lowest BCUT2D eigenvalue weighted by Crippen LogP contribution is -2.33. The van der Waals surface area contributed by atoms with Crippen molar-refractivity contribution in [3.05, 3.63) is 57.7 Å². The second kappa shape index (κ2) is 6.82. The van der Waals surface area contributed by atoms with Crippen molar-refractivity contribution in [1.82, 2.24) is 29.5 Å². The third kappa shape index (κ3) is 3.66. The maximum atomic E-state index is 13.0. The molecule has 27 heavy (non-hydrogen) atoms. The smallest absolute Gasteiger partial charge is 0.347 e. The number of hydrogen-bond donors (Lipinski definition) is 1. The summed E-state index contributed by atoms with van der Waals surface area (Å²) in [5, 5.41) is 9.78. The Morgan fingerprint density at radius 2 is 2.00 bits per heavy atom. The molecule has 0 aliphatic carbocycles. The molecule has 0 bridgehead atoms. The molecule has 3 aromatic rings. The second-order valence-corrected chi connectivity index (χ2v) is 5.89. The molecule has 0 fully saturated rings. The van der Waals surface area contributed by atoms with Gasteiger partial charge in [0, 0.05) is 17.5 Å². The van der Waals surface area contributed by atoms with Crippen LogP contribution in [0.5, 0.6) is 0 Å². The first-order valence-corrected chi connectivity index (χ1v) is 7.87. The average molecular weight is 380 g/mol. The minimum absolute atomic E-state index is 0.134. The number of aromatic nitrogens is 5. The van der Waals surface area contributed by atoms with Gasteiger partial charge in [0.05, 0.1) is 12.9 Å². The monoisotopic (exact) mass is 380 g/mol. The Kier molecular flexibility index (Phi) is 4.68. The maximum Gasteiger partial charge on any atom is 0.420 e. The molecule has 0 unspecified atom stereocenters. The van der Waals surface area contributed by atoms with E-state index in [1.807, 2.05) is 0 Å². The molecule has 0 aliphatic rings. The Morgan fingerprint density at radius 3 is 2.70 bits per heavy atom. The van der Waals surface area contributed by atoms with Crippen molar-refractivity contribution < 1.29 is 18.0 Å². The number of alkyl halides is 3. The molecule has 1 N–H and O–H groups in total. The molecule has 11 heteroatoms. The molecule has 142 valence electrons. The number of amides is 1. The Labute approximate surface area is 150 Å². The second-order valence-electron chi connectivity index (χ2n) is 5.89. The van der Waals surface area contributed by atoms with Crippen LogP contribution in [-0.2, 0) is 24.1 Å². The van der Waals surface area contributed by atoms with E-state index in [9.17, 15) is 22.8 Å². The number of rotatable bonds is 4. The fraction of sp³-hybridized carbons (Fsp3) is 0.312. The summed E-state index contributed by atoms with van der Waals surface area (Å²) < 4.78 is 41.3. The maximum absolute atomic E-state index is 13.0. The Balaban J connectivity index is 1.75. The molecular formula is C16H15F3N6O2. The SMILES string of the molecule is Cc1ncn(CC(=O)NCc2nnc3c(C(F)(F)F)cccn23)c(=O)c1C. The lowest BCUT2D eigenvalue weighted by Gasteiger charge is -2.09. The molecule has 0 aromatic carbocycles. The normalized spacial score (nSPS) is 11.7. The minimum atomic E-state index is -4.56. The molecule has 0 saturated heterocycles. The number of hydrogen-bond acceptors (Lipinski definition) is 5. The summed E-state index contributed by atoms with van der Waals surface area (Å²) in [6.45, 7) is 2.89. The van der Waals surface area contributed by atoms with Gasteiger partial charge in [-0.1, -0.05) is 0 Å². The zero-order chi connectivity index (χ0) is 19.8. The number of pyridine rings is 1. The fourth-order valence-electron chi connectivity index (χ4n) is 2.48. The summed E-state index contributed by atoms with van der Waals surface area (Å²) in [7, 11) is 0. The van der Waals surface area contributed by atoms with Crippen molar-refractivity contribution in [2.75, 3.05) is 0 Å². The minimum Gasteiger partial charge on any atom is -0.347 e. The van der Waals surface area contributed by atoms with Crippen LogP contribution in [0.2, 0.25) is 0 Å². The van der Waals surface area contributed by atoms with Crippen molar-refractivity contribution in [3.8, 4) is 0 Å². The van der Waals surface area contributed by atoms with Gasteiger partial charge in [-0.15, -0.1) is 10.2 Å². The molecule has 0 saturated carbocycles. The number of nitrogens with one attached hydrogen (secondary N) is 1. The van der Waals surface area contributed by atoms with Gasteiger partial charge in [-0.05, 0) is 26.0 Å². The summed E-state index contributed by atoms with van der Waals surface area (Å²) >= 11 is 0. The van der Waals surface area contributed by atoms with E-state index in [0.29, 0.717) is 11.3 Å². The topological polar surface area (TPSA) is 94.2 Å². The molecule has 0 atom stereocenters. The number of nitrogens with zero attached hydrogens (tertiary/aromatic N) is 5. The van der Waals surface area contributed by atoms with Crippen LogP contribution in [-0.4, -0.2) is 30.1 Å². The van der Waals surface area contributed by atoms with E-state index in [1.54, 1.807) is 13.8 Å². The van der Waals surface area contributed by atoms with E-state index in [1.165, 1.54) is 18.6 Å². The van der Waals surface area contributed by atoms with E-state index in [0.717, 1.165) is 15.0 Å². The van der Waals surface area contributed by atoms with Gasteiger partial charge < -0.3 is 5.32 Å². The lowest BCUT2D eigenvalue weighted by atomic mass is 10.2. The van der Waals surface area contributed by atoms with Gasteiger partial charge in [0.1, 0.15) is 12.1 Å². The standard InChI is InChI=1S/C16H15F3N6O2/c1-9-10(2)21-8-24(15(9)27)7-13(26)20-6-12-22-23-14-11(16(17,18)19)4-3-5-25(12)14/h3-5,8H,6-7H2,1-2H3,(H,20,26). The molecule has 3 aromatic heterocycles. The van der Waals surface area contributed by atoms with E-state index < -0.39 is 17.6 Å². The molecule has 3 rings (SSSR count). The number of carbonyl (C=O) groups excluding carboxylic acids is 1. The van der Waals surface area contributed by atoms with Gasteiger partial charge >= 0.3 is 6.18 Å². The molecule has 8 nitrogen and oxygen atoms in total. The van der Waals surface area contributed by atoms with Gasteiger partial charge in [-0.25, -0.2) is 4.98 Å². The highest BCUT2D eigenvalue weighted by Crippen LogP contribution is 2.31. The van der Waals surface area contributed by atoms with Gasteiger partial charge in [0.2, 0.25) is 5.91 Å². The number of aryl methyl sites for hydroxylation is 1. The molecular weight excluding hydrogens is 365 g/mol. The van der Waals surface area contributed by atoms with Crippen LogP contribution in [0.15, 0.2) is 29.5 Å². The first kappa shape index (κ1) is 18.5. The Morgan fingerprint density at radius 1 is 1.26 bits per heavy atom. The highest BCUT2D eigenvalue weighted by atomic mass is 19.4. The summed E-state index contributed by atoms with van der Waals surface area (Å²) in [5.41, 5.74) is -0.576. The molecule has 0 radical (unpaired) electrons. The van der Waals surface area contributed by atoms with Gasteiger partial charge in [0.25, 0.3) is 5.56 Å². The van der Waals surface area contributed by atoms with Crippen molar-refractivity contribution in [2.24, 2.45) is 0 Å². The van der Waals surface area contributed by atoms with Crippen molar-refractivity contribution >= 4 is 11.6 Å². The lowest BCUT2D eigenvalue weighted by molar-refractivity contribution is -0.136. The van der Waals surface area contributed by atoms with Crippen molar-refractivity contribution in [2.45, 2.75) is 33.1 Å². The molecule has 0 aliphatic heterocycles. The van der Waals surface area contributed by atoms with E-state index in [4.69, 9.17) is 0 Å². The van der Waals surface area contributed by atoms with Crippen LogP contribution < -0.4 is 10.9 Å². The number of fused-ring (bicyclic) bond motifs is 1. The van der Waals surface area contributed by atoms with Crippen molar-refractivity contribution in [3.63, 3.8) is 0 Å². The third-order valence-electron chi connectivity index (χ3n) is 4.08. The van der Waals surface area contributed by atoms with Gasteiger partial charge in [-0.3, -0.25) is 18.6 Å². The first-order valence-electron chi connectivity index (χ1n) is 7.87. The third-order valence-corrected chi connectivity index (χ3v) is 4.08. The van der Waals surface area contributed by atoms with E-state index >= 15 is 0 Å². The Hall–Kier alpha value is -3.24. The quantitative estimate of drug-likeness (QED) is 0.735. The predicted octanol–water partition coefficient (Wildman–Crippen LogP) is 1.24. The van der Waals surface area contributed by atoms with Gasteiger partial charge in [-0.2, -0.15) is 13.2 Å². The van der Waals surface area contributed by atoms with Crippen LogP contribution in [0, 0.1) is 13.8 Å². The average Bonchev–Trinajstić information content (AvgIpc) is 3.02. The highest BCUT2D eigenvalue weighted by molar-refractivity contribution is 5.75. The number of carbonyl (C=O) groups is 1. The Bertz CT molecular complexity index is 1070. The molecule has 1 amide bonds. The highest BCUT2D eigenvalue weighted by Gasteiger charge is 2.34. The van der Waals surface area contributed by atoms with Crippen LogP contribution >= 0.6 is 0 Å². The van der Waals surface area contributed by atoms with Crippen molar-refractivity contribution in [1.29, 1.82) is 0 Å². The van der Waals surface area contributed by atoms with Crippen LogP contribution in [0.4, 0.5) is 13.2 Å². The summed E-state index contributed by atoms with van der Waals surface area (Å²) in [6, 6.07) is 2.14. The van der Waals surface area contributed by atoms with Crippen LogP contribution in [0.3, 0.4) is 0 Å². The van der Waals surface area contributed by atoms with Crippen LogP contribution in [0.1, 0.15) is 22.6 Å². The fourth-order valence-corrected chi connectivity index (χ4v) is 2.48. The van der Waals surface area contributed by atoms with Gasteiger partial charge in [0.15, 0.2) is 11.5 Å². The summed E-state index contributed by atoms with van der Waals surface area (Å²) in [5.74, 6) is -0.374.